The SMILES string of the molecule is C[C@@H](Oc1cc(-c2ccc(N3CCN(S(C)(=O)=O)CC3)cc2)cn2ncc(C#N)c12)[C@H]1CNC(=O)C1. The van der Waals surface area contributed by atoms with Crippen molar-refractivity contribution in [2.24, 2.45) is 5.92 Å². The Kier molecular flexibility index (Phi) is 6.32. The van der Waals surface area contributed by atoms with Gasteiger partial charge in [0, 0.05) is 62.5 Å². The molecular weight excluding hydrogens is 480 g/mol. The van der Waals surface area contributed by atoms with Crippen LogP contribution in [0.2, 0.25) is 0 Å². The van der Waals surface area contributed by atoms with Crippen molar-refractivity contribution in [3.63, 3.8) is 0 Å². The number of ether oxygens (including phenoxy) is 1. The molecule has 2 aromatic heterocycles. The highest BCUT2D eigenvalue weighted by molar-refractivity contribution is 7.88. The van der Waals surface area contributed by atoms with Crippen molar-refractivity contribution in [3.05, 3.63) is 48.3 Å². The Morgan fingerprint density at radius 1 is 1.17 bits per heavy atom. The van der Waals surface area contributed by atoms with Gasteiger partial charge in [0.05, 0.1) is 12.5 Å². The number of carbonyl (C=O) groups is 1. The summed E-state index contributed by atoms with van der Waals surface area (Å²) in [7, 11) is -3.17. The number of benzene rings is 1. The average molecular weight is 509 g/mol. The van der Waals surface area contributed by atoms with Crippen LogP contribution in [0.4, 0.5) is 5.69 Å². The van der Waals surface area contributed by atoms with E-state index in [1.54, 1.807) is 4.52 Å². The highest BCUT2D eigenvalue weighted by Crippen LogP contribution is 2.33. The predicted molar refractivity (Wildman–Crippen MR) is 135 cm³/mol. The minimum Gasteiger partial charge on any atom is -0.488 e. The van der Waals surface area contributed by atoms with Crippen LogP contribution in [-0.2, 0) is 14.8 Å². The van der Waals surface area contributed by atoms with Gasteiger partial charge < -0.3 is 15.0 Å². The van der Waals surface area contributed by atoms with Crippen LogP contribution in [0.5, 0.6) is 5.75 Å². The fraction of sp³-hybridized carbons (Fsp3) is 0.400. The molecule has 4 heterocycles. The molecule has 1 amide bonds. The normalized spacial score (nSPS) is 19.8. The number of piperazine rings is 1. The lowest BCUT2D eigenvalue weighted by Gasteiger charge is -2.34. The summed E-state index contributed by atoms with van der Waals surface area (Å²) >= 11 is 0. The summed E-state index contributed by atoms with van der Waals surface area (Å²) in [4.78, 5) is 13.8. The van der Waals surface area contributed by atoms with E-state index in [1.165, 1.54) is 16.8 Å². The molecule has 1 aromatic carbocycles. The zero-order valence-corrected chi connectivity index (χ0v) is 21.0. The predicted octanol–water partition coefficient (Wildman–Crippen LogP) is 1.86. The number of fused-ring (bicyclic) bond motifs is 1. The Balaban J connectivity index is 1.40. The first-order valence-electron chi connectivity index (χ1n) is 11.9. The van der Waals surface area contributed by atoms with Crippen LogP contribution in [0.15, 0.2) is 42.7 Å². The van der Waals surface area contributed by atoms with Crippen LogP contribution in [0.25, 0.3) is 16.6 Å². The number of aromatic nitrogens is 2. The summed E-state index contributed by atoms with van der Waals surface area (Å²) in [6.45, 7) is 4.72. The van der Waals surface area contributed by atoms with Crippen molar-refractivity contribution in [2.75, 3.05) is 43.9 Å². The van der Waals surface area contributed by atoms with E-state index in [1.807, 2.05) is 43.5 Å². The molecule has 36 heavy (non-hydrogen) atoms. The standard InChI is InChI=1S/C25H28N6O4S/c1-17(19-12-24(32)27-14-19)35-23-11-20(16-31-25(23)21(13-26)15-28-31)18-3-5-22(6-4-18)29-7-9-30(10-8-29)36(2,33)34/h3-6,11,15-17,19H,7-10,12,14H2,1-2H3,(H,27,32)/t17-,19-/m1/s1. The molecule has 188 valence electrons. The van der Waals surface area contributed by atoms with Gasteiger partial charge in [-0.15, -0.1) is 0 Å². The Bertz CT molecular complexity index is 1440. The maximum absolute atomic E-state index is 11.8. The van der Waals surface area contributed by atoms with Gasteiger partial charge in [0.2, 0.25) is 15.9 Å². The van der Waals surface area contributed by atoms with Crippen molar-refractivity contribution >= 4 is 27.1 Å². The van der Waals surface area contributed by atoms with Gasteiger partial charge in [0.1, 0.15) is 29.0 Å². The highest BCUT2D eigenvalue weighted by Gasteiger charge is 2.29. The van der Waals surface area contributed by atoms with E-state index in [9.17, 15) is 18.5 Å². The molecule has 0 aliphatic carbocycles. The summed E-state index contributed by atoms with van der Waals surface area (Å²) in [5.41, 5.74) is 3.90. The smallest absolute Gasteiger partial charge is 0.220 e. The minimum absolute atomic E-state index is 0.0224. The Morgan fingerprint density at radius 2 is 1.89 bits per heavy atom. The van der Waals surface area contributed by atoms with Crippen LogP contribution in [-0.4, -0.2) is 73.3 Å². The summed E-state index contributed by atoms with van der Waals surface area (Å²) in [6.07, 6.45) is 4.83. The first-order chi connectivity index (χ1) is 17.2. The van der Waals surface area contributed by atoms with Crippen LogP contribution in [0.3, 0.4) is 0 Å². The fourth-order valence-electron chi connectivity index (χ4n) is 4.81. The number of nitriles is 1. The van der Waals surface area contributed by atoms with Gasteiger partial charge in [-0.2, -0.15) is 14.7 Å². The number of amides is 1. The molecule has 2 saturated heterocycles. The molecule has 11 heteroatoms. The summed E-state index contributed by atoms with van der Waals surface area (Å²) in [6, 6.07) is 12.2. The molecule has 2 aliphatic heterocycles. The first-order valence-corrected chi connectivity index (χ1v) is 13.7. The van der Waals surface area contributed by atoms with E-state index in [-0.39, 0.29) is 17.9 Å². The van der Waals surface area contributed by atoms with Crippen molar-refractivity contribution in [1.82, 2.24) is 19.2 Å². The molecule has 10 nitrogen and oxygen atoms in total. The molecule has 3 aromatic rings. The fourth-order valence-corrected chi connectivity index (χ4v) is 5.64. The van der Waals surface area contributed by atoms with E-state index in [4.69, 9.17) is 4.74 Å². The largest absolute Gasteiger partial charge is 0.488 e. The van der Waals surface area contributed by atoms with Crippen molar-refractivity contribution in [2.45, 2.75) is 19.4 Å². The lowest BCUT2D eigenvalue weighted by molar-refractivity contribution is -0.119. The van der Waals surface area contributed by atoms with Gasteiger partial charge in [-0.25, -0.2) is 12.9 Å². The zero-order chi connectivity index (χ0) is 25.4. The molecule has 0 saturated carbocycles. The van der Waals surface area contributed by atoms with Gasteiger partial charge >= 0.3 is 0 Å². The molecular formula is C25H28N6O4S. The van der Waals surface area contributed by atoms with Gasteiger partial charge in [0.15, 0.2) is 0 Å². The van der Waals surface area contributed by atoms with Crippen LogP contribution in [0.1, 0.15) is 18.9 Å². The quantitative estimate of drug-likeness (QED) is 0.540. The second kappa shape index (κ2) is 9.44. The number of rotatable bonds is 6. The average Bonchev–Trinajstić information content (AvgIpc) is 3.50. The molecule has 2 atom stereocenters. The second-order valence-electron chi connectivity index (χ2n) is 9.34. The van der Waals surface area contributed by atoms with Crippen molar-refractivity contribution < 1.29 is 17.9 Å². The summed E-state index contributed by atoms with van der Waals surface area (Å²) in [5.74, 6) is 0.626. The minimum atomic E-state index is -3.17. The van der Waals surface area contributed by atoms with E-state index in [2.05, 4.69) is 21.4 Å². The third-order valence-corrected chi connectivity index (χ3v) is 8.26. The first kappa shape index (κ1) is 24.1. The van der Waals surface area contributed by atoms with E-state index < -0.39 is 10.0 Å². The maximum Gasteiger partial charge on any atom is 0.220 e. The number of hydrogen-bond donors (Lipinski definition) is 1. The van der Waals surface area contributed by atoms with Gasteiger partial charge in [-0.05, 0) is 30.7 Å². The molecule has 0 spiro atoms. The Morgan fingerprint density at radius 3 is 2.50 bits per heavy atom. The number of hydrogen-bond acceptors (Lipinski definition) is 7. The molecule has 0 unspecified atom stereocenters. The van der Waals surface area contributed by atoms with Crippen molar-refractivity contribution in [3.8, 4) is 22.9 Å². The van der Waals surface area contributed by atoms with Crippen molar-refractivity contribution in [1.29, 1.82) is 5.26 Å². The van der Waals surface area contributed by atoms with Gasteiger partial charge in [-0.1, -0.05) is 12.1 Å². The van der Waals surface area contributed by atoms with Gasteiger partial charge in [-0.3, -0.25) is 4.79 Å². The van der Waals surface area contributed by atoms with Crippen LogP contribution >= 0.6 is 0 Å². The highest BCUT2D eigenvalue weighted by atomic mass is 32.2. The van der Waals surface area contributed by atoms with E-state index in [0.29, 0.717) is 56.0 Å². The lowest BCUT2D eigenvalue weighted by atomic mass is 10.0. The van der Waals surface area contributed by atoms with E-state index in [0.717, 1.165) is 16.8 Å². The molecule has 0 bridgehead atoms. The maximum atomic E-state index is 11.8. The molecule has 1 N–H and O–H groups in total. The third kappa shape index (κ3) is 4.74. The van der Waals surface area contributed by atoms with E-state index >= 15 is 0 Å². The number of carbonyl (C=O) groups excluding carboxylic acids is 1. The molecule has 0 radical (unpaired) electrons. The van der Waals surface area contributed by atoms with Gasteiger partial charge in [0.25, 0.3) is 0 Å². The number of sulfonamides is 1. The topological polar surface area (TPSA) is 120 Å². The number of nitrogens with one attached hydrogen (secondary N) is 1. The zero-order valence-electron chi connectivity index (χ0n) is 20.2. The van der Waals surface area contributed by atoms with Crippen LogP contribution in [0, 0.1) is 17.2 Å². The second-order valence-corrected chi connectivity index (χ2v) is 11.3. The molecule has 2 aliphatic rings. The molecule has 2 fully saturated rings. The number of anilines is 1. The Labute approximate surface area is 210 Å². The van der Waals surface area contributed by atoms with Crippen LogP contribution < -0.4 is 15.0 Å². The third-order valence-electron chi connectivity index (χ3n) is 6.96. The lowest BCUT2D eigenvalue weighted by Crippen LogP contribution is -2.48. The monoisotopic (exact) mass is 508 g/mol. The number of nitrogens with zero attached hydrogens (tertiary/aromatic N) is 5. The summed E-state index contributed by atoms with van der Waals surface area (Å²) in [5, 5.41) is 16.8. The Hall–Kier alpha value is -3.62. The number of pyridine rings is 1. The molecule has 5 rings (SSSR count). The summed E-state index contributed by atoms with van der Waals surface area (Å²) < 4.78 is 33.0.